The molecule has 200 valence electrons. The molecule has 0 aliphatic carbocycles. The first kappa shape index (κ1) is 28.2. The SMILES string of the molecule is COc1ccc(C#N)cc1N=C(C(C)C)C1C(N)=NC(=O)N(c2cc(Cl)ccc2C)C1c1ccc(Cl)cc1C. The number of nitrogens with zero attached hydrogens (tertiary/aromatic N) is 4. The summed E-state index contributed by atoms with van der Waals surface area (Å²) in [7, 11) is 1.55. The molecule has 1 heterocycles. The van der Waals surface area contributed by atoms with E-state index in [0.717, 1.165) is 16.7 Å². The van der Waals surface area contributed by atoms with Crippen LogP contribution in [0, 0.1) is 37.0 Å². The van der Waals surface area contributed by atoms with Crippen LogP contribution >= 0.6 is 23.2 Å². The highest BCUT2D eigenvalue weighted by atomic mass is 35.5. The number of hydrogen-bond acceptors (Lipinski definition) is 5. The van der Waals surface area contributed by atoms with E-state index in [1.807, 2.05) is 45.9 Å². The van der Waals surface area contributed by atoms with Gasteiger partial charge in [0, 0.05) is 15.8 Å². The zero-order valence-corrected chi connectivity index (χ0v) is 23.9. The van der Waals surface area contributed by atoms with Crippen molar-refractivity contribution in [2.24, 2.45) is 27.6 Å². The summed E-state index contributed by atoms with van der Waals surface area (Å²) in [5.41, 5.74) is 11.4. The molecular weight excluding hydrogens is 533 g/mol. The molecule has 0 bridgehead atoms. The van der Waals surface area contributed by atoms with Crippen molar-refractivity contribution >= 4 is 52.2 Å². The summed E-state index contributed by atoms with van der Waals surface area (Å²) in [5.74, 6) is -0.0457. The van der Waals surface area contributed by atoms with Crippen molar-refractivity contribution in [2.75, 3.05) is 12.0 Å². The molecule has 9 heteroatoms. The topological polar surface area (TPSA) is 104 Å². The van der Waals surface area contributed by atoms with Crippen molar-refractivity contribution in [2.45, 2.75) is 33.7 Å². The first-order valence-electron chi connectivity index (χ1n) is 12.4. The average molecular weight is 563 g/mol. The molecule has 0 fully saturated rings. The third-order valence-corrected chi connectivity index (χ3v) is 7.26. The second-order valence-electron chi connectivity index (χ2n) is 9.73. The highest BCUT2D eigenvalue weighted by Crippen LogP contribution is 2.43. The number of nitrogens with two attached hydrogens (primary N) is 1. The summed E-state index contributed by atoms with van der Waals surface area (Å²) in [6, 6.07) is 17.1. The standard InChI is InChI=1S/C30H29Cl2N5O2/c1-16(2)27(35-23-13-19(15-33)7-11-25(23)39-5)26-28(22-10-9-20(31)12-18(22)4)37(30(38)36-29(26)34)24-14-21(32)8-6-17(24)3/h6-14,16,26,28H,1-5H3,(H2,34,36,38). The van der Waals surface area contributed by atoms with E-state index in [1.54, 1.807) is 48.4 Å². The number of methoxy groups -OCH3 is 1. The molecule has 2 amide bonds. The number of hydrogen-bond donors (Lipinski definition) is 1. The Morgan fingerprint density at radius 3 is 2.41 bits per heavy atom. The lowest BCUT2D eigenvalue weighted by Gasteiger charge is -2.41. The largest absolute Gasteiger partial charge is 0.494 e. The number of carbonyl (C=O) groups excluding carboxylic acids is 1. The summed E-state index contributed by atoms with van der Waals surface area (Å²) >= 11 is 12.7. The fourth-order valence-electron chi connectivity index (χ4n) is 4.91. The van der Waals surface area contributed by atoms with Gasteiger partial charge in [-0.3, -0.25) is 9.89 Å². The number of anilines is 1. The first-order chi connectivity index (χ1) is 18.5. The second kappa shape index (κ2) is 11.5. The maximum Gasteiger partial charge on any atom is 0.350 e. The Bertz CT molecular complexity index is 1540. The van der Waals surface area contributed by atoms with Crippen LogP contribution in [0.25, 0.3) is 0 Å². The van der Waals surface area contributed by atoms with E-state index in [0.29, 0.717) is 38.4 Å². The smallest absolute Gasteiger partial charge is 0.350 e. The van der Waals surface area contributed by atoms with Gasteiger partial charge in [0.2, 0.25) is 0 Å². The minimum atomic E-state index is -0.601. The number of ether oxygens (including phenoxy) is 1. The molecule has 1 aliphatic rings. The molecule has 0 saturated carbocycles. The van der Waals surface area contributed by atoms with E-state index in [4.69, 9.17) is 38.7 Å². The van der Waals surface area contributed by atoms with Gasteiger partial charge in [0.05, 0.1) is 36.4 Å². The minimum absolute atomic E-state index is 0.107. The van der Waals surface area contributed by atoms with E-state index in [2.05, 4.69) is 11.1 Å². The van der Waals surface area contributed by atoms with Crippen LogP contribution in [-0.2, 0) is 0 Å². The maximum absolute atomic E-state index is 13.6. The van der Waals surface area contributed by atoms with Crippen molar-refractivity contribution in [3.8, 4) is 11.8 Å². The highest BCUT2D eigenvalue weighted by Gasteiger charge is 2.44. The zero-order valence-electron chi connectivity index (χ0n) is 22.4. The van der Waals surface area contributed by atoms with Crippen LogP contribution in [0.2, 0.25) is 10.0 Å². The fraction of sp³-hybridized carbons (Fsp3) is 0.267. The number of aliphatic imine (C=N–C) groups is 2. The number of aryl methyl sites for hydroxylation is 2. The van der Waals surface area contributed by atoms with Gasteiger partial charge in [-0.25, -0.2) is 4.79 Å². The Morgan fingerprint density at radius 1 is 1.08 bits per heavy atom. The molecular formula is C30H29Cl2N5O2. The highest BCUT2D eigenvalue weighted by molar-refractivity contribution is 6.31. The third kappa shape index (κ3) is 5.63. The van der Waals surface area contributed by atoms with E-state index < -0.39 is 18.0 Å². The average Bonchev–Trinajstić information content (AvgIpc) is 2.89. The van der Waals surface area contributed by atoms with Crippen LogP contribution in [0.1, 0.15) is 42.1 Å². The van der Waals surface area contributed by atoms with Crippen molar-refractivity contribution in [1.29, 1.82) is 5.26 Å². The van der Waals surface area contributed by atoms with Gasteiger partial charge in [-0.15, -0.1) is 0 Å². The van der Waals surface area contributed by atoms with Gasteiger partial charge >= 0.3 is 6.03 Å². The summed E-state index contributed by atoms with van der Waals surface area (Å²) in [5, 5.41) is 10.6. The van der Waals surface area contributed by atoms with Gasteiger partial charge in [-0.1, -0.05) is 49.2 Å². The van der Waals surface area contributed by atoms with E-state index in [-0.39, 0.29) is 11.8 Å². The monoisotopic (exact) mass is 561 g/mol. The number of halogens is 2. The van der Waals surface area contributed by atoms with Gasteiger partial charge in [0.15, 0.2) is 0 Å². The lowest BCUT2D eigenvalue weighted by atomic mass is 9.80. The summed E-state index contributed by atoms with van der Waals surface area (Å²) in [6.45, 7) is 7.87. The molecule has 2 N–H and O–H groups in total. The van der Waals surface area contributed by atoms with Crippen molar-refractivity contribution in [3.63, 3.8) is 0 Å². The predicted molar refractivity (Wildman–Crippen MR) is 158 cm³/mol. The summed E-state index contributed by atoms with van der Waals surface area (Å²) < 4.78 is 5.55. The Hall–Kier alpha value is -3.86. The van der Waals surface area contributed by atoms with Gasteiger partial charge in [-0.2, -0.15) is 10.3 Å². The Kier molecular flexibility index (Phi) is 8.29. The van der Waals surface area contributed by atoms with Gasteiger partial charge < -0.3 is 10.5 Å². The number of amidine groups is 1. The van der Waals surface area contributed by atoms with Crippen LogP contribution in [-0.4, -0.2) is 24.7 Å². The van der Waals surface area contributed by atoms with E-state index >= 15 is 0 Å². The molecule has 4 rings (SSSR count). The van der Waals surface area contributed by atoms with Gasteiger partial charge in [0.1, 0.15) is 17.3 Å². The van der Waals surface area contributed by atoms with E-state index in [1.165, 1.54) is 0 Å². The summed E-state index contributed by atoms with van der Waals surface area (Å²) in [4.78, 5) is 24.5. The van der Waals surface area contributed by atoms with Gasteiger partial charge in [-0.05, 0) is 78.9 Å². The Morgan fingerprint density at radius 2 is 1.77 bits per heavy atom. The quantitative estimate of drug-likeness (QED) is 0.313. The molecule has 39 heavy (non-hydrogen) atoms. The number of rotatable bonds is 6. The molecule has 0 aromatic heterocycles. The number of benzene rings is 3. The van der Waals surface area contributed by atoms with Crippen LogP contribution in [0.15, 0.2) is 64.6 Å². The van der Waals surface area contributed by atoms with E-state index in [9.17, 15) is 10.1 Å². The normalized spacial score (nSPS) is 17.7. The first-order valence-corrected chi connectivity index (χ1v) is 13.2. The molecule has 7 nitrogen and oxygen atoms in total. The molecule has 2 unspecified atom stereocenters. The van der Waals surface area contributed by atoms with Gasteiger partial charge in [0.25, 0.3) is 0 Å². The Labute approximate surface area is 238 Å². The molecule has 3 aromatic rings. The number of nitriles is 1. The molecule has 0 radical (unpaired) electrons. The maximum atomic E-state index is 13.6. The fourth-order valence-corrected chi connectivity index (χ4v) is 5.30. The lowest BCUT2D eigenvalue weighted by molar-refractivity contribution is 0.249. The number of carbonyl (C=O) groups is 1. The predicted octanol–water partition coefficient (Wildman–Crippen LogP) is 7.57. The zero-order chi connectivity index (χ0) is 28.4. The van der Waals surface area contributed by atoms with Crippen molar-refractivity contribution in [3.05, 3.63) is 86.9 Å². The van der Waals surface area contributed by atoms with Crippen LogP contribution < -0.4 is 15.4 Å². The number of amides is 2. The minimum Gasteiger partial charge on any atom is -0.494 e. The lowest BCUT2D eigenvalue weighted by Crippen LogP contribution is -2.51. The van der Waals surface area contributed by atoms with Crippen molar-refractivity contribution in [1.82, 2.24) is 0 Å². The third-order valence-electron chi connectivity index (χ3n) is 6.79. The number of urea groups is 1. The molecule has 0 saturated heterocycles. The van der Waals surface area contributed by atoms with Crippen LogP contribution in [0.4, 0.5) is 16.2 Å². The molecule has 0 spiro atoms. The second-order valence-corrected chi connectivity index (χ2v) is 10.6. The molecule has 3 aromatic carbocycles. The summed E-state index contributed by atoms with van der Waals surface area (Å²) in [6.07, 6.45) is 0. The van der Waals surface area contributed by atoms with Crippen molar-refractivity contribution < 1.29 is 9.53 Å². The van der Waals surface area contributed by atoms with Crippen LogP contribution in [0.3, 0.4) is 0 Å². The molecule has 1 aliphatic heterocycles. The van der Waals surface area contributed by atoms with Crippen LogP contribution in [0.5, 0.6) is 5.75 Å². The molecule has 2 atom stereocenters. The Balaban J connectivity index is 2.04.